The number of carbonyl (C=O) groups is 2. The van der Waals surface area contributed by atoms with Gasteiger partial charge in [0, 0.05) is 13.1 Å². The molecule has 0 spiro atoms. The number of hydrogen-bond donors (Lipinski definition) is 1. The van der Waals surface area contributed by atoms with Crippen molar-refractivity contribution in [2.75, 3.05) is 25.4 Å². The van der Waals surface area contributed by atoms with Gasteiger partial charge in [0.25, 0.3) is 5.91 Å². The molecule has 0 saturated carbocycles. The molecule has 1 saturated heterocycles. The first-order valence-corrected chi connectivity index (χ1v) is 7.74. The number of rotatable bonds is 3. The van der Waals surface area contributed by atoms with Gasteiger partial charge in [0.2, 0.25) is 0 Å². The summed E-state index contributed by atoms with van der Waals surface area (Å²) in [5.41, 5.74) is 6.24. The van der Waals surface area contributed by atoms with Crippen LogP contribution < -0.4 is 5.73 Å². The minimum Gasteiger partial charge on any atom is -0.452 e. The molecular weight excluding hydrogens is 304 g/mol. The number of carbonyl (C=O) groups excluding carboxylic acids is 2. The zero-order valence-corrected chi connectivity index (χ0v) is 13.6. The van der Waals surface area contributed by atoms with Crippen LogP contribution in [0.2, 0.25) is 5.02 Å². The molecule has 2 N–H and O–H groups in total. The van der Waals surface area contributed by atoms with Crippen molar-refractivity contribution >= 4 is 29.2 Å². The van der Waals surface area contributed by atoms with Crippen molar-refractivity contribution in [3.63, 3.8) is 0 Å². The minimum atomic E-state index is -0.574. The number of esters is 1. The summed E-state index contributed by atoms with van der Waals surface area (Å²) in [6, 6.07) is 4.50. The van der Waals surface area contributed by atoms with Crippen LogP contribution >= 0.6 is 11.6 Å². The Bertz CT molecular complexity index is 567. The van der Waals surface area contributed by atoms with Gasteiger partial charge in [-0.3, -0.25) is 4.79 Å². The van der Waals surface area contributed by atoms with Gasteiger partial charge in [-0.05, 0) is 36.5 Å². The average molecular weight is 325 g/mol. The van der Waals surface area contributed by atoms with E-state index >= 15 is 0 Å². The Morgan fingerprint density at radius 3 is 2.55 bits per heavy atom. The molecule has 0 aromatic heterocycles. The number of amides is 1. The summed E-state index contributed by atoms with van der Waals surface area (Å²) in [6.45, 7) is 5.43. The molecule has 22 heavy (non-hydrogen) atoms. The lowest BCUT2D eigenvalue weighted by molar-refractivity contribution is -0.137. The van der Waals surface area contributed by atoms with Crippen LogP contribution in [0.25, 0.3) is 0 Å². The highest BCUT2D eigenvalue weighted by molar-refractivity contribution is 6.33. The number of piperidine rings is 1. The summed E-state index contributed by atoms with van der Waals surface area (Å²) in [5, 5.41) is 0.379. The number of halogens is 1. The number of anilines is 1. The van der Waals surface area contributed by atoms with Crippen LogP contribution in [-0.4, -0.2) is 36.5 Å². The first-order valence-electron chi connectivity index (χ1n) is 7.36. The van der Waals surface area contributed by atoms with Crippen LogP contribution in [0.1, 0.15) is 30.6 Å². The monoisotopic (exact) mass is 324 g/mol. The molecule has 0 bridgehead atoms. The van der Waals surface area contributed by atoms with Gasteiger partial charge in [0.1, 0.15) is 0 Å². The predicted octanol–water partition coefficient (Wildman–Crippen LogP) is 2.58. The molecule has 2 atom stereocenters. The molecule has 1 aromatic carbocycles. The van der Waals surface area contributed by atoms with Gasteiger partial charge < -0.3 is 15.4 Å². The predicted molar refractivity (Wildman–Crippen MR) is 85.7 cm³/mol. The molecule has 1 heterocycles. The SMILES string of the molecule is C[C@@H]1C[C@H](C)CN(C(=O)COC(=O)c2ccc(Cl)c(N)c2)C1. The van der Waals surface area contributed by atoms with Gasteiger partial charge in [-0.25, -0.2) is 4.79 Å². The summed E-state index contributed by atoms with van der Waals surface area (Å²) < 4.78 is 5.08. The molecule has 120 valence electrons. The number of nitrogen functional groups attached to an aromatic ring is 1. The molecule has 1 fully saturated rings. The Morgan fingerprint density at radius 2 is 1.95 bits per heavy atom. The van der Waals surface area contributed by atoms with Crippen LogP contribution in [0.3, 0.4) is 0 Å². The van der Waals surface area contributed by atoms with Crippen LogP contribution in [0.4, 0.5) is 5.69 Å². The molecule has 0 unspecified atom stereocenters. The highest BCUT2D eigenvalue weighted by Crippen LogP contribution is 2.22. The maximum Gasteiger partial charge on any atom is 0.338 e. The van der Waals surface area contributed by atoms with E-state index in [0.717, 1.165) is 6.42 Å². The number of hydrogen-bond acceptors (Lipinski definition) is 4. The molecule has 6 heteroatoms. The molecule has 1 aromatic rings. The van der Waals surface area contributed by atoms with Crippen molar-refractivity contribution in [2.45, 2.75) is 20.3 Å². The summed E-state index contributed by atoms with van der Waals surface area (Å²) in [6.07, 6.45) is 1.12. The van der Waals surface area contributed by atoms with E-state index in [-0.39, 0.29) is 18.1 Å². The highest BCUT2D eigenvalue weighted by Gasteiger charge is 2.26. The van der Waals surface area contributed by atoms with Crippen molar-refractivity contribution < 1.29 is 14.3 Å². The third kappa shape index (κ3) is 4.13. The summed E-state index contributed by atoms with van der Waals surface area (Å²) >= 11 is 5.80. The van der Waals surface area contributed by atoms with Gasteiger partial charge >= 0.3 is 5.97 Å². The van der Waals surface area contributed by atoms with E-state index in [9.17, 15) is 9.59 Å². The van der Waals surface area contributed by atoms with E-state index in [1.165, 1.54) is 18.2 Å². The topological polar surface area (TPSA) is 72.6 Å². The fourth-order valence-corrected chi connectivity index (χ4v) is 2.96. The number of ether oxygens (including phenoxy) is 1. The number of benzene rings is 1. The zero-order valence-electron chi connectivity index (χ0n) is 12.8. The quantitative estimate of drug-likeness (QED) is 0.685. The smallest absolute Gasteiger partial charge is 0.338 e. The second kappa shape index (κ2) is 7.01. The van der Waals surface area contributed by atoms with Crippen LogP contribution in [0, 0.1) is 11.8 Å². The molecule has 2 rings (SSSR count). The van der Waals surface area contributed by atoms with Crippen molar-refractivity contribution in [3.8, 4) is 0 Å². The Morgan fingerprint density at radius 1 is 1.32 bits per heavy atom. The largest absolute Gasteiger partial charge is 0.452 e. The van der Waals surface area contributed by atoms with Gasteiger partial charge in [0.15, 0.2) is 6.61 Å². The van der Waals surface area contributed by atoms with Crippen LogP contribution in [-0.2, 0) is 9.53 Å². The second-order valence-electron chi connectivity index (χ2n) is 6.06. The van der Waals surface area contributed by atoms with Crippen LogP contribution in [0.5, 0.6) is 0 Å². The Labute approximate surface area is 135 Å². The minimum absolute atomic E-state index is 0.159. The normalized spacial score (nSPS) is 21.5. The third-order valence-electron chi connectivity index (χ3n) is 3.78. The maximum atomic E-state index is 12.1. The Balaban J connectivity index is 1.90. The molecule has 5 nitrogen and oxygen atoms in total. The molecule has 1 aliphatic heterocycles. The van der Waals surface area contributed by atoms with Crippen molar-refractivity contribution in [1.82, 2.24) is 4.90 Å². The number of nitrogens with two attached hydrogens (primary N) is 1. The van der Waals surface area contributed by atoms with Crippen molar-refractivity contribution in [1.29, 1.82) is 0 Å². The first-order chi connectivity index (χ1) is 10.4. The Hall–Kier alpha value is -1.75. The summed E-state index contributed by atoms with van der Waals surface area (Å²) in [5.74, 6) is 0.211. The first kappa shape index (κ1) is 16.6. The standard InChI is InChI=1S/C16H21ClN2O3/c1-10-5-11(2)8-19(7-10)15(20)9-22-16(21)12-3-4-13(17)14(18)6-12/h3-4,6,10-11H,5,7-9,18H2,1-2H3/t10-,11+. The molecule has 1 aliphatic rings. The maximum absolute atomic E-state index is 12.1. The Kier molecular flexibility index (Phi) is 5.29. The highest BCUT2D eigenvalue weighted by atomic mass is 35.5. The van der Waals surface area contributed by atoms with Gasteiger partial charge in [-0.2, -0.15) is 0 Å². The fraction of sp³-hybridized carbons (Fsp3) is 0.500. The fourth-order valence-electron chi connectivity index (χ4n) is 2.84. The number of likely N-dealkylation sites (tertiary alicyclic amines) is 1. The second-order valence-corrected chi connectivity index (χ2v) is 6.46. The van der Waals surface area contributed by atoms with Gasteiger partial charge in [-0.15, -0.1) is 0 Å². The molecular formula is C16H21ClN2O3. The van der Waals surface area contributed by atoms with Crippen LogP contribution in [0.15, 0.2) is 18.2 Å². The van der Waals surface area contributed by atoms with E-state index in [1.54, 1.807) is 4.90 Å². The van der Waals surface area contributed by atoms with E-state index in [2.05, 4.69) is 13.8 Å². The van der Waals surface area contributed by atoms with E-state index in [0.29, 0.717) is 35.6 Å². The number of nitrogens with zero attached hydrogens (tertiary/aromatic N) is 1. The molecule has 1 amide bonds. The summed E-state index contributed by atoms with van der Waals surface area (Å²) in [4.78, 5) is 25.8. The lowest BCUT2D eigenvalue weighted by Gasteiger charge is -2.34. The van der Waals surface area contributed by atoms with Gasteiger partial charge in [0.05, 0.1) is 16.3 Å². The molecule has 0 radical (unpaired) electrons. The average Bonchev–Trinajstić information content (AvgIpc) is 2.46. The molecule has 0 aliphatic carbocycles. The van der Waals surface area contributed by atoms with Gasteiger partial charge in [-0.1, -0.05) is 25.4 Å². The lowest BCUT2D eigenvalue weighted by Crippen LogP contribution is -2.44. The summed E-state index contributed by atoms with van der Waals surface area (Å²) in [7, 11) is 0. The third-order valence-corrected chi connectivity index (χ3v) is 4.12. The van der Waals surface area contributed by atoms with E-state index < -0.39 is 5.97 Å². The lowest BCUT2D eigenvalue weighted by atomic mass is 9.92. The van der Waals surface area contributed by atoms with E-state index in [1.807, 2.05) is 0 Å². The van der Waals surface area contributed by atoms with Crippen molar-refractivity contribution in [2.24, 2.45) is 11.8 Å². The van der Waals surface area contributed by atoms with Crippen molar-refractivity contribution in [3.05, 3.63) is 28.8 Å². The zero-order chi connectivity index (χ0) is 16.3. The van der Waals surface area contributed by atoms with E-state index in [4.69, 9.17) is 22.1 Å².